The van der Waals surface area contributed by atoms with Gasteiger partial charge >= 0.3 is 0 Å². The van der Waals surface area contributed by atoms with Gasteiger partial charge in [-0.3, -0.25) is 0 Å². The van der Waals surface area contributed by atoms with Crippen LogP contribution in [0.15, 0.2) is 36.9 Å². The smallest absolute Gasteiger partial charge is 0.211 e. The molecule has 0 atom stereocenters. The van der Waals surface area contributed by atoms with Gasteiger partial charge in [-0.25, -0.2) is 12.8 Å². The van der Waals surface area contributed by atoms with E-state index in [1.54, 1.807) is 12.1 Å². The predicted octanol–water partition coefficient (Wildman–Crippen LogP) is 1.77. The molecule has 0 radical (unpaired) electrons. The van der Waals surface area contributed by atoms with Gasteiger partial charge in [0.1, 0.15) is 5.82 Å². The Labute approximate surface area is 95.3 Å². The van der Waals surface area contributed by atoms with Gasteiger partial charge in [-0.15, -0.1) is 6.58 Å². The van der Waals surface area contributed by atoms with E-state index in [9.17, 15) is 12.8 Å². The number of hydrogen-bond donors (Lipinski definition) is 0. The van der Waals surface area contributed by atoms with Gasteiger partial charge in [0.2, 0.25) is 10.0 Å². The standard InChI is InChI=1S/C11H14FNO2S/c1-3-8-13(16(2,14)15)9-10-4-6-11(12)7-5-10/h3-7H,1,8-9H2,2H3. The first-order chi connectivity index (χ1) is 7.43. The normalized spacial score (nSPS) is 11.7. The van der Waals surface area contributed by atoms with E-state index in [0.29, 0.717) is 0 Å². The van der Waals surface area contributed by atoms with E-state index < -0.39 is 10.0 Å². The fourth-order valence-electron chi connectivity index (χ4n) is 1.25. The van der Waals surface area contributed by atoms with E-state index in [0.717, 1.165) is 11.8 Å². The SMILES string of the molecule is C=CCN(Cc1ccc(F)cc1)S(C)(=O)=O. The highest BCUT2D eigenvalue weighted by Crippen LogP contribution is 2.09. The Balaban J connectivity index is 2.84. The molecule has 5 heteroatoms. The van der Waals surface area contributed by atoms with Gasteiger partial charge in [-0.05, 0) is 17.7 Å². The highest BCUT2D eigenvalue weighted by atomic mass is 32.2. The average Bonchev–Trinajstić information content (AvgIpc) is 2.19. The summed E-state index contributed by atoms with van der Waals surface area (Å²) in [7, 11) is -3.27. The van der Waals surface area contributed by atoms with Gasteiger partial charge in [0, 0.05) is 13.1 Å². The molecule has 0 saturated heterocycles. The second-order valence-corrected chi connectivity index (χ2v) is 5.45. The number of benzene rings is 1. The lowest BCUT2D eigenvalue weighted by Crippen LogP contribution is -2.29. The van der Waals surface area contributed by atoms with Gasteiger partial charge < -0.3 is 0 Å². The zero-order chi connectivity index (χ0) is 12.2. The predicted molar refractivity (Wildman–Crippen MR) is 61.9 cm³/mol. The van der Waals surface area contributed by atoms with Crippen LogP contribution in [0.2, 0.25) is 0 Å². The van der Waals surface area contributed by atoms with E-state index in [1.165, 1.54) is 22.5 Å². The number of sulfonamides is 1. The summed E-state index contributed by atoms with van der Waals surface area (Å²) in [5.41, 5.74) is 0.744. The van der Waals surface area contributed by atoms with Crippen LogP contribution in [0, 0.1) is 5.82 Å². The minimum atomic E-state index is -3.27. The summed E-state index contributed by atoms with van der Waals surface area (Å²) in [4.78, 5) is 0. The second-order valence-electron chi connectivity index (χ2n) is 3.47. The first-order valence-electron chi connectivity index (χ1n) is 4.74. The highest BCUT2D eigenvalue weighted by Gasteiger charge is 2.14. The van der Waals surface area contributed by atoms with Crippen LogP contribution in [-0.2, 0) is 16.6 Å². The zero-order valence-corrected chi connectivity index (χ0v) is 9.87. The first kappa shape index (κ1) is 12.9. The molecule has 0 aromatic heterocycles. The van der Waals surface area contributed by atoms with Crippen molar-refractivity contribution in [3.8, 4) is 0 Å². The van der Waals surface area contributed by atoms with E-state index in [4.69, 9.17) is 0 Å². The van der Waals surface area contributed by atoms with Crippen LogP contribution in [0.1, 0.15) is 5.56 Å². The summed E-state index contributed by atoms with van der Waals surface area (Å²) >= 11 is 0. The third-order valence-electron chi connectivity index (χ3n) is 2.07. The molecule has 88 valence electrons. The molecular formula is C11H14FNO2S. The van der Waals surface area contributed by atoms with Gasteiger partial charge in [0.25, 0.3) is 0 Å². The molecule has 0 amide bonds. The Kier molecular flexibility index (Phi) is 4.20. The average molecular weight is 243 g/mol. The molecule has 0 unspecified atom stereocenters. The Bertz CT molecular complexity index is 453. The van der Waals surface area contributed by atoms with Gasteiger partial charge in [0.15, 0.2) is 0 Å². The molecule has 1 aromatic rings. The van der Waals surface area contributed by atoms with Crippen LogP contribution >= 0.6 is 0 Å². The molecule has 0 aliphatic rings. The number of hydrogen-bond acceptors (Lipinski definition) is 2. The van der Waals surface area contributed by atoms with E-state index in [-0.39, 0.29) is 18.9 Å². The molecule has 0 fully saturated rings. The molecule has 16 heavy (non-hydrogen) atoms. The second kappa shape index (κ2) is 5.23. The molecule has 0 saturated carbocycles. The lowest BCUT2D eigenvalue weighted by molar-refractivity contribution is 0.443. The fraction of sp³-hybridized carbons (Fsp3) is 0.273. The van der Waals surface area contributed by atoms with Crippen LogP contribution in [0.3, 0.4) is 0 Å². The van der Waals surface area contributed by atoms with E-state index in [2.05, 4.69) is 6.58 Å². The minimum Gasteiger partial charge on any atom is -0.212 e. The highest BCUT2D eigenvalue weighted by molar-refractivity contribution is 7.88. The molecule has 1 aromatic carbocycles. The van der Waals surface area contributed by atoms with Crippen LogP contribution in [-0.4, -0.2) is 25.5 Å². The maximum Gasteiger partial charge on any atom is 0.211 e. The lowest BCUT2D eigenvalue weighted by atomic mass is 10.2. The monoisotopic (exact) mass is 243 g/mol. The molecule has 0 aliphatic heterocycles. The molecule has 0 spiro atoms. The summed E-state index contributed by atoms with van der Waals surface area (Å²) in [6.45, 7) is 3.98. The van der Waals surface area contributed by atoms with Crippen molar-refractivity contribution in [1.82, 2.24) is 4.31 Å². The van der Waals surface area contributed by atoms with Crippen LogP contribution in [0.5, 0.6) is 0 Å². The van der Waals surface area contributed by atoms with Crippen molar-refractivity contribution in [2.45, 2.75) is 6.54 Å². The van der Waals surface area contributed by atoms with Gasteiger partial charge in [-0.1, -0.05) is 18.2 Å². The number of halogens is 1. The largest absolute Gasteiger partial charge is 0.212 e. The van der Waals surface area contributed by atoms with Crippen molar-refractivity contribution in [3.05, 3.63) is 48.3 Å². The Morgan fingerprint density at radius 1 is 1.38 bits per heavy atom. The van der Waals surface area contributed by atoms with E-state index >= 15 is 0 Å². The van der Waals surface area contributed by atoms with Crippen molar-refractivity contribution in [3.63, 3.8) is 0 Å². The van der Waals surface area contributed by atoms with Crippen LogP contribution in [0.4, 0.5) is 4.39 Å². The zero-order valence-electron chi connectivity index (χ0n) is 9.06. The molecule has 0 aliphatic carbocycles. The molecule has 3 nitrogen and oxygen atoms in total. The van der Waals surface area contributed by atoms with Gasteiger partial charge in [0.05, 0.1) is 6.26 Å². The van der Waals surface area contributed by atoms with Crippen molar-refractivity contribution in [1.29, 1.82) is 0 Å². The maximum absolute atomic E-state index is 12.7. The number of rotatable bonds is 5. The molecule has 0 heterocycles. The van der Waals surface area contributed by atoms with Gasteiger partial charge in [-0.2, -0.15) is 4.31 Å². The fourth-order valence-corrected chi connectivity index (χ4v) is 2.01. The maximum atomic E-state index is 12.7. The Morgan fingerprint density at radius 3 is 2.38 bits per heavy atom. The Hall–Kier alpha value is -1.20. The van der Waals surface area contributed by atoms with Crippen LogP contribution < -0.4 is 0 Å². The third kappa shape index (κ3) is 3.75. The molecule has 0 N–H and O–H groups in total. The first-order valence-corrected chi connectivity index (χ1v) is 6.59. The summed E-state index contributed by atoms with van der Waals surface area (Å²) in [5, 5.41) is 0. The molecule has 1 rings (SSSR count). The third-order valence-corrected chi connectivity index (χ3v) is 3.29. The summed E-state index contributed by atoms with van der Waals surface area (Å²) < 4.78 is 36.7. The minimum absolute atomic E-state index is 0.227. The molecular weight excluding hydrogens is 229 g/mol. The quantitative estimate of drug-likeness (QED) is 0.739. The van der Waals surface area contributed by atoms with Crippen molar-refractivity contribution < 1.29 is 12.8 Å². The topological polar surface area (TPSA) is 37.4 Å². The van der Waals surface area contributed by atoms with Crippen molar-refractivity contribution in [2.24, 2.45) is 0 Å². The van der Waals surface area contributed by atoms with E-state index in [1.807, 2.05) is 0 Å². The summed E-state index contributed by atoms with van der Waals surface area (Å²) in [5.74, 6) is -0.335. The molecule has 0 bridgehead atoms. The summed E-state index contributed by atoms with van der Waals surface area (Å²) in [6, 6.07) is 5.75. The lowest BCUT2D eigenvalue weighted by Gasteiger charge is -2.17. The summed E-state index contributed by atoms with van der Waals surface area (Å²) in [6.07, 6.45) is 2.66. The number of nitrogens with zero attached hydrogens (tertiary/aromatic N) is 1. The van der Waals surface area contributed by atoms with Crippen molar-refractivity contribution >= 4 is 10.0 Å². The Morgan fingerprint density at radius 2 is 1.94 bits per heavy atom. The van der Waals surface area contributed by atoms with Crippen LogP contribution in [0.25, 0.3) is 0 Å². The van der Waals surface area contributed by atoms with Crippen molar-refractivity contribution in [2.75, 3.05) is 12.8 Å².